The van der Waals surface area contributed by atoms with Crippen molar-refractivity contribution in [3.63, 3.8) is 0 Å². The predicted molar refractivity (Wildman–Crippen MR) is 71.8 cm³/mol. The topological polar surface area (TPSA) is 55.1 Å². The van der Waals surface area contributed by atoms with E-state index in [1.807, 2.05) is 0 Å². The minimum atomic E-state index is -0.303. The van der Waals surface area contributed by atoms with E-state index < -0.39 is 0 Å². The van der Waals surface area contributed by atoms with Gasteiger partial charge in [0.05, 0.1) is 5.92 Å². The van der Waals surface area contributed by atoms with Crippen LogP contribution in [0.4, 0.5) is 10.1 Å². The molecule has 1 unspecified atom stereocenters. The van der Waals surface area contributed by atoms with E-state index >= 15 is 0 Å². The average molecular weight is 252 g/mol. The maximum atomic E-state index is 12.9. The Hall–Kier alpha value is -1.42. The first kappa shape index (κ1) is 14.6. The number of carbonyl (C=O) groups is 1. The molecule has 0 saturated carbocycles. The van der Waals surface area contributed by atoms with Crippen LogP contribution in [0.3, 0.4) is 0 Å². The molecule has 4 heteroatoms. The number of hydrogen-bond acceptors (Lipinski definition) is 2. The molecule has 0 radical (unpaired) electrons. The van der Waals surface area contributed by atoms with E-state index in [2.05, 4.69) is 19.2 Å². The second-order valence-electron chi connectivity index (χ2n) is 5.01. The molecule has 0 bridgehead atoms. The van der Waals surface area contributed by atoms with E-state index in [0.717, 1.165) is 6.42 Å². The summed E-state index contributed by atoms with van der Waals surface area (Å²) in [7, 11) is 0. The highest BCUT2D eigenvalue weighted by molar-refractivity contribution is 5.93. The Kier molecular flexibility index (Phi) is 5.28. The van der Waals surface area contributed by atoms with Gasteiger partial charge in [-0.2, -0.15) is 0 Å². The van der Waals surface area contributed by atoms with Gasteiger partial charge < -0.3 is 11.1 Å². The summed E-state index contributed by atoms with van der Waals surface area (Å²) in [6.45, 7) is 6.20. The minimum Gasteiger partial charge on any atom is -0.330 e. The molecule has 1 amide bonds. The zero-order valence-electron chi connectivity index (χ0n) is 11.2. The van der Waals surface area contributed by atoms with Gasteiger partial charge in [0, 0.05) is 12.2 Å². The van der Waals surface area contributed by atoms with Crippen molar-refractivity contribution in [1.29, 1.82) is 0 Å². The van der Waals surface area contributed by atoms with Crippen molar-refractivity contribution in [2.75, 3.05) is 11.9 Å². The lowest BCUT2D eigenvalue weighted by Crippen LogP contribution is -2.30. The highest BCUT2D eigenvalue weighted by atomic mass is 19.1. The molecule has 3 nitrogen and oxygen atoms in total. The smallest absolute Gasteiger partial charge is 0.228 e. The molecule has 0 aliphatic rings. The van der Waals surface area contributed by atoms with Crippen LogP contribution in [0.15, 0.2) is 18.2 Å². The van der Waals surface area contributed by atoms with Crippen molar-refractivity contribution in [2.24, 2.45) is 17.6 Å². The second kappa shape index (κ2) is 6.50. The van der Waals surface area contributed by atoms with Gasteiger partial charge >= 0.3 is 0 Å². The number of nitrogens with one attached hydrogen (secondary N) is 1. The molecule has 1 rings (SSSR count). The van der Waals surface area contributed by atoms with Crippen LogP contribution in [0.5, 0.6) is 0 Å². The molecular formula is C14H21FN2O. The zero-order valence-corrected chi connectivity index (χ0v) is 11.2. The Balaban J connectivity index is 2.73. The van der Waals surface area contributed by atoms with Crippen molar-refractivity contribution < 1.29 is 9.18 Å². The van der Waals surface area contributed by atoms with Gasteiger partial charge in [-0.05, 0) is 43.0 Å². The van der Waals surface area contributed by atoms with Crippen molar-refractivity contribution in [1.82, 2.24) is 0 Å². The van der Waals surface area contributed by atoms with Crippen molar-refractivity contribution in [2.45, 2.75) is 27.2 Å². The summed E-state index contributed by atoms with van der Waals surface area (Å²) < 4.78 is 12.9. The third kappa shape index (κ3) is 4.11. The maximum absolute atomic E-state index is 12.9. The lowest BCUT2D eigenvalue weighted by molar-refractivity contribution is -0.120. The van der Waals surface area contributed by atoms with Crippen LogP contribution in [-0.2, 0) is 4.79 Å². The third-order valence-corrected chi connectivity index (χ3v) is 2.86. The summed E-state index contributed by atoms with van der Waals surface area (Å²) >= 11 is 0. The molecule has 0 saturated heterocycles. The van der Waals surface area contributed by atoms with Gasteiger partial charge in [-0.1, -0.05) is 13.8 Å². The molecule has 18 heavy (non-hydrogen) atoms. The quantitative estimate of drug-likeness (QED) is 0.846. The summed E-state index contributed by atoms with van der Waals surface area (Å²) in [6.07, 6.45) is 0.753. The summed E-state index contributed by atoms with van der Waals surface area (Å²) in [5.74, 6) is -0.183. The summed E-state index contributed by atoms with van der Waals surface area (Å²) in [5, 5.41) is 2.81. The molecule has 1 aromatic rings. The number of anilines is 1. The maximum Gasteiger partial charge on any atom is 0.228 e. The first-order valence-electron chi connectivity index (χ1n) is 6.21. The predicted octanol–water partition coefficient (Wildman–Crippen LogP) is 2.69. The van der Waals surface area contributed by atoms with E-state index in [4.69, 9.17) is 5.73 Å². The summed E-state index contributed by atoms with van der Waals surface area (Å²) in [5.41, 5.74) is 6.97. The molecule has 3 N–H and O–H groups in total. The number of rotatable bonds is 5. The van der Waals surface area contributed by atoms with Crippen LogP contribution < -0.4 is 11.1 Å². The number of nitrogens with two attached hydrogens (primary N) is 1. The number of benzene rings is 1. The number of amides is 1. The van der Waals surface area contributed by atoms with Crippen LogP contribution in [-0.4, -0.2) is 12.5 Å². The van der Waals surface area contributed by atoms with Gasteiger partial charge in [-0.25, -0.2) is 4.39 Å². The highest BCUT2D eigenvalue weighted by Crippen LogP contribution is 2.18. The van der Waals surface area contributed by atoms with Crippen LogP contribution in [0.1, 0.15) is 25.8 Å². The van der Waals surface area contributed by atoms with Crippen LogP contribution >= 0.6 is 0 Å². The lowest BCUT2D eigenvalue weighted by Gasteiger charge is -2.17. The number of carbonyl (C=O) groups excluding carboxylic acids is 1. The third-order valence-electron chi connectivity index (χ3n) is 2.86. The molecule has 0 aromatic heterocycles. The van der Waals surface area contributed by atoms with Crippen LogP contribution in [0.25, 0.3) is 0 Å². The molecule has 1 aromatic carbocycles. The molecule has 100 valence electrons. The zero-order chi connectivity index (χ0) is 13.7. The summed E-state index contributed by atoms with van der Waals surface area (Å²) in [4.78, 5) is 12.0. The van der Waals surface area contributed by atoms with Crippen molar-refractivity contribution in [3.05, 3.63) is 29.6 Å². The van der Waals surface area contributed by atoms with Crippen molar-refractivity contribution in [3.8, 4) is 0 Å². The van der Waals surface area contributed by atoms with E-state index in [1.54, 1.807) is 13.0 Å². The Labute approximate surface area is 108 Å². The summed E-state index contributed by atoms with van der Waals surface area (Å²) in [6, 6.07) is 4.31. The number of halogens is 1. The normalized spacial score (nSPS) is 12.6. The number of aryl methyl sites for hydroxylation is 1. The molecule has 0 aliphatic heterocycles. The van der Waals surface area contributed by atoms with Crippen LogP contribution in [0, 0.1) is 24.6 Å². The second-order valence-corrected chi connectivity index (χ2v) is 5.01. The van der Waals surface area contributed by atoms with E-state index in [0.29, 0.717) is 23.7 Å². The van der Waals surface area contributed by atoms with Crippen molar-refractivity contribution >= 4 is 11.6 Å². The standard InChI is InChI=1S/C14H21FN2O/c1-9(2)6-11(8-16)14(18)17-13-5-4-12(15)7-10(13)3/h4-5,7,9,11H,6,8,16H2,1-3H3,(H,17,18). The van der Waals surface area contributed by atoms with Crippen LogP contribution in [0.2, 0.25) is 0 Å². The Morgan fingerprint density at radius 3 is 2.61 bits per heavy atom. The molecule has 0 fully saturated rings. The molecular weight excluding hydrogens is 231 g/mol. The Morgan fingerprint density at radius 2 is 2.11 bits per heavy atom. The molecule has 0 spiro atoms. The van der Waals surface area contributed by atoms with E-state index in [1.165, 1.54) is 12.1 Å². The molecule has 1 atom stereocenters. The van der Waals surface area contributed by atoms with Gasteiger partial charge in [0.15, 0.2) is 0 Å². The SMILES string of the molecule is Cc1cc(F)ccc1NC(=O)C(CN)CC(C)C. The van der Waals surface area contributed by atoms with Gasteiger partial charge in [-0.15, -0.1) is 0 Å². The fourth-order valence-electron chi connectivity index (χ4n) is 1.88. The Bertz CT molecular complexity index is 418. The van der Waals surface area contributed by atoms with Gasteiger partial charge in [0.25, 0.3) is 0 Å². The average Bonchev–Trinajstić information content (AvgIpc) is 2.29. The number of hydrogen-bond donors (Lipinski definition) is 2. The Morgan fingerprint density at radius 1 is 1.44 bits per heavy atom. The lowest BCUT2D eigenvalue weighted by atomic mass is 9.96. The van der Waals surface area contributed by atoms with Gasteiger partial charge in [0.2, 0.25) is 5.91 Å². The minimum absolute atomic E-state index is 0.0964. The van der Waals surface area contributed by atoms with E-state index in [-0.39, 0.29) is 17.6 Å². The fourth-order valence-corrected chi connectivity index (χ4v) is 1.88. The first-order chi connectivity index (χ1) is 8.43. The van der Waals surface area contributed by atoms with Gasteiger partial charge in [0.1, 0.15) is 5.82 Å². The fraction of sp³-hybridized carbons (Fsp3) is 0.500. The monoisotopic (exact) mass is 252 g/mol. The first-order valence-corrected chi connectivity index (χ1v) is 6.21. The molecule has 0 aliphatic carbocycles. The van der Waals surface area contributed by atoms with Gasteiger partial charge in [-0.3, -0.25) is 4.79 Å². The molecule has 0 heterocycles. The van der Waals surface area contributed by atoms with E-state index in [9.17, 15) is 9.18 Å². The highest BCUT2D eigenvalue weighted by Gasteiger charge is 2.18. The largest absolute Gasteiger partial charge is 0.330 e.